The van der Waals surface area contributed by atoms with Crippen molar-refractivity contribution in [3.05, 3.63) is 57.6 Å². The van der Waals surface area contributed by atoms with Crippen molar-refractivity contribution in [2.24, 2.45) is 0 Å². The predicted octanol–water partition coefficient (Wildman–Crippen LogP) is 2.88. The van der Waals surface area contributed by atoms with E-state index in [9.17, 15) is 20.0 Å². The van der Waals surface area contributed by atoms with Crippen LogP contribution in [-0.4, -0.2) is 39.3 Å². The third-order valence-corrected chi connectivity index (χ3v) is 5.31. The number of anilines is 2. The molecule has 0 bridgehead atoms. The Morgan fingerprint density at radius 2 is 2.03 bits per heavy atom. The molecule has 3 aromatic rings. The number of fused-ring (bicyclic) bond motifs is 1. The maximum Gasteiger partial charge on any atom is 0.340 e. The number of rotatable bonds is 6. The second-order valence-corrected chi connectivity index (χ2v) is 7.76. The number of amides is 2. The molecular weight excluding hydrogens is 454 g/mol. The number of hydrogen-bond donors (Lipinski definition) is 4. The molecule has 0 saturated heterocycles. The van der Waals surface area contributed by atoms with E-state index in [1.807, 2.05) is 6.07 Å². The average molecular weight is 472 g/mol. The highest BCUT2D eigenvalue weighted by molar-refractivity contribution is 7.80. The Hall–Kier alpha value is -3.86. The molecule has 1 aromatic heterocycles. The molecule has 0 saturated carbocycles. The lowest BCUT2D eigenvalue weighted by molar-refractivity contribution is -0.384. The van der Waals surface area contributed by atoms with Crippen molar-refractivity contribution in [1.29, 1.82) is 5.26 Å². The van der Waals surface area contributed by atoms with Crippen molar-refractivity contribution < 1.29 is 14.8 Å². The molecule has 4 N–H and O–H groups in total. The number of benzene rings is 2. The van der Waals surface area contributed by atoms with Gasteiger partial charge in [0.1, 0.15) is 6.07 Å². The minimum atomic E-state index is -0.518. The molecular formula is C19H17N7O4S2. The van der Waals surface area contributed by atoms with Crippen LogP contribution in [0.25, 0.3) is 10.2 Å². The molecule has 0 aliphatic carbocycles. The van der Waals surface area contributed by atoms with Crippen LogP contribution in [0.1, 0.15) is 11.4 Å². The van der Waals surface area contributed by atoms with Gasteiger partial charge < -0.3 is 10.4 Å². The van der Waals surface area contributed by atoms with Gasteiger partial charge in [-0.2, -0.15) is 5.26 Å². The second kappa shape index (κ2) is 10.4. The van der Waals surface area contributed by atoms with Gasteiger partial charge in [0, 0.05) is 36.7 Å². The summed E-state index contributed by atoms with van der Waals surface area (Å²) in [6.07, 6.45) is 0.350. The highest BCUT2D eigenvalue weighted by Gasteiger charge is 2.17. The normalized spacial score (nSPS) is 10.2. The second-order valence-electron chi connectivity index (χ2n) is 6.32. The zero-order chi connectivity index (χ0) is 23.1. The fraction of sp³-hybridized carbons (Fsp3) is 0.158. The number of nitro groups is 1. The van der Waals surface area contributed by atoms with Gasteiger partial charge in [-0.15, -0.1) is 11.3 Å². The smallest absolute Gasteiger partial charge is 0.340 e. The topological polar surface area (TPSA) is 156 Å². The number of aliphatic hydroxyl groups is 1. The van der Waals surface area contributed by atoms with Gasteiger partial charge in [-0.05, 0) is 49.0 Å². The number of carbonyl (C=O) groups excluding carboxylic acids is 1. The molecule has 0 atom stereocenters. The highest BCUT2D eigenvalue weighted by Crippen LogP contribution is 2.27. The maximum absolute atomic E-state index is 12.8. The Kier molecular flexibility index (Phi) is 7.45. The van der Waals surface area contributed by atoms with Crippen molar-refractivity contribution >= 4 is 62.0 Å². The Bertz CT molecular complexity index is 1190. The van der Waals surface area contributed by atoms with E-state index < -0.39 is 11.0 Å². The maximum atomic E-state index is 12.8. The van der Waals surface area contributed by atoms with Crippen molar-refractivity contribution in [3.63, 3.8) is 0 Å². The van der Waals surface area contributed by atoms with Crippen LogP contribution in [0.15, 0.2) is 42.5 Å². The van der Waals surface area contributed by atoms with E-state index >= 15 is 0 Å². The van der Waals surface area contributed by atoms with Crippen LogP contribution in [0, 0.1) is 21.4 Å². The molecule has 13 heteroatoms. The summed E-state index contributed by atoms with van der Waals surface area (Å²) in [4.78, 5) is 28.6. The lowest BCUT2D eigenvalue weighted by Crippen LogP contribution is -2.50. The van der Waals surface area contributed by atoms with Crippen LogP contribution in [0.2, 0.25) is 0 Å². The summed E-state index contributed by atoms with van der Waals surface area (Å²) in [5.74, 6) is 0. The molecule has 0 aliphatic rings. The van der Waals surface area contributed by atoms with E-state index in [0.29, 0.717) is 28.3 Å². The molecule has 0 radical (unpaired) electrons. The molecule has 0 spiro atoms. The largest absolute Gasteiger partial charge is 0.396 e. The summed E-state index contributed by atoms with van der Waals surface area (Å²) >= 11 is 6.36. The van der Waals surface area contributed by atoms with Crippen molar-refractivity contribution in [2.45, 2.75) is 6.42 Å². The van der Waals surface area contributed by atoms with Gasteiger partial charge in [-0.25, -0.2) is 15.2 Å². The van der Waals surface area contributed by atoms with Crippen LogP contribution in [0.4, 0.5) is 21.9 Å². The molecule has 2 amide bonds. The fourth-order valence-electron chi connectivity index (χ4n) is 2.71. The first-order valence-electron chi connectivity index (χ1n) is 9.22. The van der Waals surface area contributed by atoms with Crippen molar-refractivity contribution in [2.75, 3.05) is 23.4 Å². The highest BCUT2D eigenvalue weighted by atomic mass is 32.1. The lowest BCUT2D eigenvalue weighted by atomic mass is 10.2. The number of urea groups is 1. The SMILES string of the molecule is N#Cc1nc2ccc(N(CCCO)C(=O)NNC(=S)Nc3ccc([N+](=O)[O-])cc3)cc2s1. The fourth-order valence-corrected chi connectivity index (χ4v) is 3.68. The standard InChI is InChI=1S/C19H17N7O4S2/c20-11-17-22-15-7-6-14(10-16(15)32-17)25(8-1-9-27)19(28)24-23-18(31)21-12-2-4-13(5-3-12)26(29)30/h2-7,10,27H,1,8-9H2,(H,24,28)(H2,21,23,31). The first kappa shape index (κ1) is 22.8. The van der Waals surface area contributed by atoms with Crippen LogP contribution in [0.5, 0.6) is 0 Å². The number of aliphatic hydroxyl groups excluding tert-OH is 1. The summed E-state index contributed by atoms with van der Waals surface area (Å²) < 4.78 is 0.754. The molecule has 0 fully saturated rings. The number of nitrogens with one attached hydrogen (secondary N) is 3. The van der Waals surface area contributed by atoms with Gasteiger partial charge in [0.25, 0.3) is 5.69 Å². The minimum absolute atomic E-state index is 0.0537. The zero-order valence-electron chi connectivity index (χ0n) is 16.4. The summed E-state index contributed by atoms with van der Waals surface area (Å²) in [6, 6.07) is 12.3. The van der Waals surface area contributed by atoms with Crippen molar-refractivity contribution in [1.82, 2.24) is 15.8 Å². The number of nitrogens with zero attached hydrogens (tertiary/aromatic N) is 4. The molecule has 32 heavy (non-hydrogen) atoms. The van der Waals surface area contributed by atoms with Gasteiger partial charge in [0.05, 0.1) is 15.1 Å². The number of nitro benzene ring substituents is 1. The van der Waals surface area contributed by atoms with E-state index in [4.69, 9.17) is 17.5 Å². The number of hydrogen-bond acceptors (Lipinski definition) is 8. The summed E-state index contributed by atoms with van der Waals surface area (Å²) in [5.41, 5.74) is 6.73. The van der Waals surface area contributed by atoms with Gasteiger partial charge in [-0.3, -0.25) is 20.4 Å². The third kappa shape index (κ3) is 5.64. The third-order valence-electron chi connectivity index (χ3n) is 4.18. The van der Waals surface area contributed by atoms with Gasteiger partial charge in [-0.1, -0.05) is 0 Å². The Morgan fingerprint density at radius 1 is 1.28 bits per heavy atom. The van der Waals surface area contributed by atoms with E-state index in [-0.39, 0.29) is 24.0 Å². The molecule has 0 aliphatic heterocycles. The summed E-state index contributed by atoms with van der Waals surface area (Å²) in [5, 5.41) is 32.1. The lowest BCUT2D eigenvalue weighted by Gasteiger charge is -2.23. The van der Waals surface area contributed by atoms with Crippen LogP contribution in [-0.2, 0) is 0 Å². The van der Waals surface area contributed by atoms with Crippen LogP contribution in [0.3, 0.4) is 0 Å². The Morgan fingerprint density at radius 3 is 2.69 bits per heavy atom. The molecule has 1 heterocycles. The first-order valence-corrected chi connectivity index (χ1v) is 10.4. The quantitative estimate of drug-likeness (QED) is 0.241. The monoisotopic (exact) mass is 471 g/mol. The number of thiocarbonyl (C=S) groups is 1. The van der Waals surface area contributed by atoms with Crippen LogP contribution < -0.4 is 21.1 Å². The van der Waals surface area contributed by atoms with Gasteiger partial charge in [0.2, 0.25) is 0 Å². The van der Waals surface area contributed by atoms with Gasteiger partial charge in [0.15, 0.2) is 10.1 Å². The summed E-state index contributed by atoms with van der Waals surface area (Å²) in [7, 11) is 0. The zero-order valence-corrected chi connectivity index (χ0v) is 18.1. The molecule has 3 rings (SSSR count). The predicted molar refractivity (Wildman–Crippen MR) is 124 cm³/mol. The minimum Gasteiger partial charge on any atom is -0.396 e. The Labute approximate surface area is 191 Å². The summed E-state index contributed by atoms with van der Waals surface area (Å²) in [6.45, 7) is 0.140. The van der Waals surface area contributed by atoms with Crippen molar-refractivity contribution in [3.8, 4) is 6.07 Å². The van der Waals surface area contributed by atoms with E-state index in [2.05, 4.69) is 21.2 Å². The number of carbonyl (C=O) groups is 1. The number of aromatic nitrogens is 1. The van der Waals surface area contributed by atoms with E-state index in [1.165, 1.54) is 40.5 Å². The number of nitriles is 1. The van der Waals surface area contributed by atoms with E-state index in [1.54, 1.807) is 18.2 Å². The Balaban J connectivity index is 1.66. The average Bonchev–Trinajstić information content (AvgIpc) is 3.21. The van der Waals surface area contributed by atoms with Crippen LogP contribution >= 0.6 is 23.6 Å². The van der Waals surface area contributed by atoms with Gasteiger partial charge >= 0.3 is 6.03 Å². The van der Waals surface area contributed by atoms with E-state index in [0.717, 1.165) is 4.70 Å². The number of hydrazine groups is 1. The number of thiazole rings is 1. The molecule has 2 aromatic carbocycles. The first-order chi connectivity index (χ1) is 15.4. The molecule has 11 nitrogen and oxygen atoms in total. The molecule has 0 unspecified atom stereocenters. The number of non-ortho nitro benzene ring substituents is 1. The molecule has 164 valence electrons.